The molecule has 0 aliphatic rings. The fraction of sp³-hybridized carbons (Fsp3) is 0.476. The number of aromatic nitrogens is 2. The first-order valence-electron chi connectivity index (χ1n) is 9.44. The lowest BCUT2D eigenvalue weighted by atomic mass is 9.92. The molecular weight excluding hydrogens is 356 g/mol. The van der Waals surface area contributed by atoms with Crippen LogP contribution in [0.3, 0.4) is 0 Å². The Kier molecular flexibility index (Phi) is 6.83. The van der Waals surface area contributed by atoms with E-state index in [1.54, 1.807) is 18.8 Å². The van der Waals surface area contributed by atoms with Gasteiger partial charge in [-0.15, -0.1) is 0 Å². The number of amides is 2. The summed E-state index contributed by atoms with van der Waals surface area (Å²) in [5.41, 5.74) is 1.49. The van der Waals surface area contributed by atoms with Gasteiger partial charge in [0.15, 0.2) is 0 Å². The number of methoxy groups -OCH3 is 1. The van der Waals surface area contributed by atoms with Crippen molar-refractivity contribution >= 4 is 17.6 Å². The first-order valence-corrected chi connectivity index (χ1v) is 9.44. The molecule has 0 saturated carbocycles. The Balaban J connectivity index is 2.27. The summed E-state index contributed by atoms with van der Waals surface area (Å²) in [6.45, 7) is 8.13. The zero-order valence-corrected chi connectivity index (χ0v) is 17.6. The summed E-state index contributed by atoms with van der Waals surface area (Å²) in [5.74, 6) is 1.00. The van der Waals surface area contributed by atoms with E-state index in [1.165, 1.54) is 4.90 Å². The Morgan fingerprint density at radius 2 is 1.86 bits per heavy atom. The number of nitrogens with zero attached hydrogens (tertiary/aromatic N) is 3. The van der Waals surface area contributed by atoms with E-state index in [0.29, 0.717) is 12.2 Å². The molecule has 2 aromatic rings. The highest BCUT2D eigenvalue weighted by atomic mass is 16.5. The number of hydrogen-bond donors (Lipinski definition) is 1. The number of anilines is 1. The van der Waals surface area contributed by atoms with Gasteiger partial charge in [-0.2, -0.15) is 5.10 Å². The molecule has 1 aromatic heterocycles. The molecule has 1 aromatic carbocycles. The highest BCUT2D eigenvalue weighted by Crippen LogP contribution is 2.27. The number of rotatable bonds is 7. The van der Waals surface area contributed by atoms with Crippen LogP contribution in [0.2, 0.25) is 0 Å². The lowest BCUT2D eigenvalue weighted by Crippen LogP contribution is -2.35. The summed E-state index contributed by atoms with van der Waals surface area (Å²) in [6.07, 6.45) is 1.19. The van der Waals surface area contributed by atoms with Gasteiger partial charge in [-0.3, -0.25) is 9.59 Å². The molecule has 0 bridgehead atoms. The number of benzene rings is 1. The molecule has 7 nitrogen and oxygen atoms in total. The Hall–Kier alpha value is -2.83. The van der Waals surface area contributed by atoms with Crippen LogP contribution in [-0.4, -0.2) is 47.2 Å². The van der Waals surface area contributed by atoms with Crippen LogP contribution in [0, 0.1) is 0 Å². The van der Waals surface area contributed by atoms with Gasteiger partial charge < -0.3 is 15.0 Å². The summed E-state index contributed by atoms with van der Waals surface area (Å²) < 4.78 is 6.91. The van der Waals surface area contributed by atoms with Gasteiger partial charge in [0.25, 0.3) is 0 Å². The third kappa shape index (κ3) is 5.34. The summed E-state index contributed by atoms with van der Waals surface area (Å²) in [6, 6.07) is 9.32. The van der Waals surface area contributed by atoms with Crippen molar-refractivity contribution in [3.63, 3.8) is 0 Å². The molecular formula is C21H30N4O3. The van der Waals surface area contributed by atoms with Crippen LogP contribution in [0.1, 0.15) is 46.2 Å². The van der Waals surface area contributed by atoms with Gasteiger partial charge in [0.05, 0.1) is 25.0 Å². The van der Waals surface area contributed by atoms with E-state index in [4.69, 9.17) is 4.74 Å². The third-order valence-electron chi connectivity index (χ3n) is 4.33. The Labute approximate surface area is 166 Å². The van der Waals surface area contributed by atoms with Gasteiger partial charge in [-0.05, 0) is 30.7 Å². The third-order valence-corrected chi connectivity index (χ3v) is 4.33. The Bertz CT molecular complexity index is 819. The number of hydrogen-bond acceptors (Lipinski definition) is 4. The SMILES string of the molecule is CCCC(=O)N(C)CC(=O)Nc1cc(C(C)(C)C)nn1-c1ccc(OC)cc1. The van der Waals surface area contributed by atoms with E-state index in [0.717, 1.165) is 23.6 Å². The van der Waals surface area contributed by atoms with Gasteiger partial charge >= 0.3 is 0 Å². The summed E-state index contributed by atoms with van der Waals surface area (Å²) in [7, 11) is 3.25. The van der Waals surface area contributed by atoms with Crippen LogP contribution < -0.4 is 10.1 Å². The fourth-order valence-electron chi connectivity index (χ4n) is 2.65. The average Bonchev–Trinajstić information content (AvgIpc) is 3.06. The van der Waals surface area contributed by atoms with E-state index in [-0.39, 0.29) is 23.8 Å². The normalized spacial score (nSPS) is 11.2. The lowest BCUT2D eigenvalue weighted by Gasteiger charge is -2.16. The Morgan fingerprint density at radius 1 is 1.21 bits per heavy atom. The summed E-state index contributed by atoms with van der Waals surface area (Å²) in [4.78, 5) is 25.9. The minimum absolute atomic E-state index is 0.00250. The number of carbonyl (C=O) groups is 2. The van der Waals surface area contributed by atoms with Crippen LogP contribution in [0.4, 0.5) is 5.82 Å². The zero-order chi connectivity index (χ0) is 20.9. The quantitative estimate of drug-likeness (QED) is 0.791. The average molecular weight is 386 g/mol. The second-order valence-corrected chi connectivity index (χ2v) is 7.82. The largest absolute Gasteiger partial charge is 0.497 e. The van der Waals surface area contributed by atoms with Gasteiger partial charge in [0, 0.05) is 24.9 Å². The van der Waals surface area contributed by atoms with Crippen molar-refractivity contribution in [1.82, 2.24) is 14.7 Å². The summed E-state index contributed by atoms with van der Waals surface area (Å²) in [5, 5.41) is 7.58. The van der Waals surface area contributed by atoms with Crippen molar-refractivity contribution in [3.8, 4) is 11.4 Å². The van der Waals surface area contributed by atoms with Gasteiger partial charge in [0.1, 0.15) is 11.6 Å². The zero-order valence-electron chi connectivity index (χ0n) is 17.6. The lowest BCUT2D eigenvalue weighted by molar-refractivity contribution is -0.133. The molecule has 7 heteroatoms. The number of likely N-dealkylation sites (N-methyl/N-ethyl adjacent to an activating group) is 1. The van der Waals surface area contributed by atoms with Gasteiger partial charge in [0.2, 0.25) is 11.8 Å². The number of carbonyl (C=O) groups excluding carboxylic acids is 2. The highest BCUT2D eigenvalue weighted by molar-refractivity contribution is 5.94. The second kappa shape index (κ2) is 8.91. The molecule has 152 valence electrons. The molecule has 2 amide bonds. The number of nitrogens with one attached hydrogen (secondary N) is 1. The maximum atomic E-state index is 12.5. The molecule has 0 spiro atoms. The molecule has 0 unspecified atom stereocenters. The predicted octanol–water partition coefficient (Wildman–Crippen LogP) is 3.38. The van der Waals surface area contributed by atoms with Gasteiger partial charge in [-0.25, -0.2) is 4.68 Å². The minimum Gasteiger partial charge on any atom is -0.497 e. The topological polar surface area (TPSA) is 76.5 Å². The Morgan fingerprint density at radius 3 is 2.39 bits per heavy atom. The van der Waals surface area contributed by atoms with E-state index in [9.17, 15) is 9.59 Å². The maximum absolute atomic E-state index is 12.5. The predicted molar refractivity (Wildman–Crippen MR) is 110 cm³/mol. The second-order valence-electron chi connectivity index (χ2n) is 7.82. The molecule has 1 heterocycles. The molecule has 0 atom stereocenters. The smallest absolute Gasteiger partial charge is 0.245 e. The first-order chi connectivity index (χ1) is 13.2. The monoisotopic (exact) mass is 386 g/mol. The molecule has 0 aliphatic carbocycles. The van der Waals surface area contributed by atoms with Crippen molar-refractivity contribution in [1.29, 1.82) is 0 Å². The molecule has 0 fully saturated rings. The van der Waals surface area contributed by atoms with E-state index < -0.39 is 0 Å². The molecule has 28 heavy (non-hydrogen) atoms. The maximum Gasteiger partial charge on any atom is 0.245 e. The van der Waals surface area contributed by atoms with Crippen molar-refractivity contribution in [2.75, 3.05) is 26.0 Å². The minimum atomic E-state index is -0.262. The van der Waals surface area contributed by atoms with E-state index in [1.807, 2.05) is 37.3 Å². The highest BCUT2D eigenvalue weighted by Gasteiger charge is 2.22. The standard InChI is InChI=1S/C21H30N4O3/c1-7-8-20(27)24(5)14-19(26)22-18-13-17(21(2,3)4)23-25(18)15-9-11-16(28-6)12-10-15/h9-13H,7-8,14H2,1-6H3,(H,22,26). The molecule has 2 rings (SSSR count). The van der Waals surface area contributed by atoms with Crippen LogP contribution in [0.15, 0.2) is 30.3 Å². The van der Waals surface area contributed by atoms with Gasteiger partial charge in [-0.1, -0.05) is 27.7 Å². The van der Waals surface area contributed by atoms with Crippen molar-refractivity contribution < 1.29 is 14.3 Å². The van der Waals surface area contributed by atoms with Crippen molar-refractivity contribution in [3.05, 3.63) is 36.0 Å². The summed E-state index contributed by atoms with van der Waals surface area (Å²) >= 11 is 0. The molecule has 0 saturated heterocycles. The van der Waals surface area contributed by atoms with Crippen LogP contribution in [0.25, 0.3) is 5.69 Å². The number of ether oxygens (including phenoxy) is 1. The van der Waals surface area contributed by atoms with Crippen LogP contribution >= 0.6 is 0 Å². The van der Waals surface area contributed by atoms with Crippen LogP contribution in [0.5, 0.6) is 5.75 Å². The van der Waals surface area contributed by atoms with Crippen molar-refractivity contribution in [2.24, 2.45) is 0 Å². The molecule has 1 N–H and O–H groups in total. The molecule has 0 radical (unpaired) electrons. The fourth-order valence-corrected chi connectivity index (χ4v) is 2.65. The van der Waals surface area contributed by atoms with Crippen LogP contribution in [-0.2, 0) is 15.0 Å². The first kappa shape index (κ1) is 21.5. The molecule has 0 aliphatic heterocycles. The van der Waals surface area contributed by atoms with Crippen molar-refractivity contribution in [2.45, 2.75) is 46.0 Å². The van der Waals surface area contributed by atoms with E-state index >= 15 is 0 Å². The van der Waals surface area contributed by atoms with E-state index in [2.05, 4.69) is 31.2 Å².